The zero-order valence-electron chi connectivity index (χ0n) is 14.5. The van der Waals surface area contributed by atoms with E-state index in [1.54, 1.807) is 6.20 Å². The fraction of sp³-hybridized carbons (Fsp3) is 0.368. The summed E-state index contributed by atoms with van der Waals surface area (Å²) < 4.78 is 6.40. The maximum Gasteiger partial charge on any atom is 0.172 e. The summed E-state index contributed by atoms with van der Waals surface area (Å²) in [7, 11) is 0. The van der Waals surface area contributed by atoms with Crippen molar-refractivity contribution in [1.29, 1.82) is 0 Å². The molecule has 2 heterocycles. The van der Waals surface area contributed by atoms with Crippen LogP contribution >= 0.6 is 39.7 Å². The Labute approximate surface area is 172 Å². The Morgan fingerprint density at radius 3 is 2.69 bits per heavy atom. The number of halogens is 2. The molecule has 0 aliphatic carbocycles. The van der Waals surface area contributed by atoms with Crippen LogP contribution in [0.4, 0.5) is 5.82 Å². The van der Waals surface area contributed by atoms with E-state index in [1.807, 2.05) is 13.0 Å². The lowest BCUT2D eigenvalue weighted by molar-refractivity contribution is 0.0515. The Morgan fingerprint density at radius 1 is 1.31 bits per heavy atom. The van der Waals surface area contributed by atoms with Crippen LogP contribution in [0.25, 0.3) is 0 Å². The van der Waals surface area contributed by atoms with Gasteiger partial charge in [0.25, 0.3) is 0 Å². The van der Waals surface area contributed by atoms with E-state index in [0.717, 1.165) is 42.6 Å². The van der Waals surface area contributed by atoms with E-state index in [0.29, 0.717) is 16.0 Å². The largest absolute Gasteiger partial charge is 0.381 e. The molecule has 0 amide bonds. The van der Waals surface area contributed by atoms with Gasteiger partial charge < -0.3 is 15.4 Å². The lowest BCUT2D eigenvalue weighted by Gasteiger charge is -2.38. The summed E-state index contributed by atoms with van der Waals surface area (Å²) in [5.74, 6) is 0.658. The van der Waals surface area contributed by atoms with E-state index in [2.05, 4.69) is 55.8 Å². The highest BCUT2D eigenvalue weighted by Crippen LogP contribution is 2.34. The summed E-state index contributed by atoms with van der Waals surface area (Å²) in [6.07, 6.45) is 3.56. The molecule has 1 aromatic carbocycles. The van der Waals surface area contributed by atoms with Crippen molar-refractivity contribution < 1.29 is 4.74 Å². The van der Waals surface area contributed by atoms with Crippen LogP contribution in [0.15, 0.2) is 41.0 Å². The molecule has 3 rings (SSSR count). The number of nitrogens with one attached hydrogen (secondary N) is 2. The van der Waals surface area contributed by atoms with Crippen molar-refractivity contribution in [3.63, 3.8) is 0 Å². The predicted octanol–water partition coefficient (Wildman–Crippen LogP) is 4.84. The van der Waals surface area contributed by atoms with Gasteiger partial charge in [-0.1, -0.05) is 41.9 Å². The molecule has 2 aromatic rings. The number of rotatable bonds is 4. The molecule has 0 unspecified atom stereocenters. The van der Waals surface area contributed by atoms with Crippen LogP contribution in [0, 0.1) is 6.92 Å². The molecule has 0 spiro atoms. The van der Waals surface area contributed by atoms with E-state index >= 15 is 0 Å². The molecule has 4 nitrogen and oxygen atoms in total. The Morgan fingerprint density at radius 2 is 2.00 bits per heavy atom. The van der Waals surface area contributed by atoms with Crippen LogP contribution in [-0.4, -0.2) is 29.9 Å². The summed E-state index contributed by atoms with van der Waals surface area (Å²) in [5, 5.41) is 7.69. The first-order valence-corrected chi connectivity index (χ1v) is 10.1. The van der Waals surface area contributed by atoms with Gasteiger partial charge >= 0.3 is 0 Å². The van der Waals surface area contributed by atoms with Gasteiger partial charge in [0, 0.05) is 31.4 Å². The Bertz CT molecular complexity index is 782. The number of ether oxygens (including phenoxy) is 1. The van der Waals surface area contributed by atoms with Gasteiger partial charge in [0.2, 0.25) is 0 Å². The molecule has 0 saturated carbocycles. The van der Waals surface area contributed by atoms with Gasteiger partial charge in [-0.15, -0.1) is 0 Å². The van der Waals surface area contributed by atoms with E-state index in [9.17, 15) is 0 Å². The van der Waals surface area contributed by atoms with Crippen LogP contribution in [0.2, 0.25) is 5.02 Å². The van der Waals surface area contributed by atoms with E-state index in [4.69, 9.17) is 28.6 Å². The third kappa shape index (κ3) is 4.36. The quantitative estimate of drug-likeness (QED) is 0.647. The average Bonchev–Trinajstić information content (AvgIpc) is 2.68. The van der Waals surface area contributed by atoms with Crippen molar-refractivity contribution in [1.82, 2.24) is 10.3 Å². The second-order valence-electron chi connectivity index (χ2n) is 6.46. The van der Waals surface area contributed by atoms with Gasteiger partial charge in [-0.05, 0) is 59.0 Å². The highest BCUT2D eigenvalue weighted by atomic mass is 79.9. The fourth-order valence-corrected chi connectivity index (χ4v) is 4.01. The van der Waals surface area contributed by atoms with Crippen molar-refractivity contribution in [2.75, 3.05) is 25.1 Å². The Kier molecular flexibility index (Phi) is 6.51. The molecule has 0 bridgehead atoms. The van der Waals surface area contributed by atoms with Gasteiger partial charge in [-0.3, -0.25) is 0 Å². The summed E-state index contributed by atoms with van der Waals surface area (Å²) in [6, 6.07) is 10.6. The highest BCUT2D eigenvalue weighted by molar-refractivity contribution is 9.10. The Balaban J connectivity index is 1.70. The maximum absolute atomic E-state index is 6.09. The third-order valence-corrected chi connectivity index (χ3v) is 6.46. The van der Waals surface area contributed by atoms with Crippen molar-refractivity contribution >= 4 is 50.7 Å². The minimum absolute atomic E-state index is 0.0197. The molecule has 1 aliphatic heterocycles. The molecule has 1 fully saturated rings. The minimum atomic E-state index is 0.0197. The molecule has 2 N–H and O–H groups in total. The molecule has 0 atom stereocenters. The number of nitrogens with zero attached hydrogens (tertiary/aromatic N) is 1. The Hall–Kier alpha value is -1.21. The predicted molar refractivity (Wildman–Crippen MR) is 114 cm³/mol. The monoisotopic (exact) mass is 453 g/mol. The van der Waals surface area contributed by atoms with Gasteiger partial charge in [-0.2, -0.15) is 0 Å². The molecular weight excluding hydrogens is 434 g/mol. The summed E-state index contributed by atoms with van der Waals surface area (Å²) in [5.41, 5.74) is 2.27. The lowest BCUT2D eigenvalue weighted by atomic mass is 9.74. The molecule has 138 valence electrons. The second kappa shape index (κ2) is 8.65. The number of thiocarbonyl (C=S) groups is 1. The molecule has 1 aromatic heterocycles. The normalized spacial score (nSPS) is 16.1. The molecule has 0 radical (unpaired) electrons. The SMILES string of the molecule is Cc1c(Cl)cnc(NC(=S)NCC2(c3ccccc3)CCOCC2)c1Br. The fourth-order valence-electron chi connectivity index (χ4n) is 3.17. The summed E-state index contributed by atoms with van der Waals surface area (Å²) in [6.45, 7) is 4.21. The molecule has 1 saturated heterocycles. The standard InChI is InChI=1S/C19H21BrClN3OS/c1-13-15(21)11-22-17(16(13)20)24-18(26)23-12-19(7-9-25-10-8-19)14-5-3-2-4-6-14/h2-6,11H,7-10,12H2,1H3,(H2,22,23,24,26). The second-order valence-corrected chi connectivity index (χ2v) is 8.07. The number of pyridine rings is 1. The number of hydrogen-bond donors (Lipinski definition) is 2. The first kappa shape index (κ1) is 19.5. The first-order valence-electron chi connectivity index (χ1n) is 8.50. The maximum atomic E-state index is 6.09. The van der Waals surface area contributed by atoms with Gasteiger partial charge in [-0.25, -0.2) is 4.98 Å². The van der Waals surface area contributed by atoms with Gasteiger partial charge in [0.05, 0.1) is 9.50 Å². The topological polar surface area (TPSA) is 46.2 Å². The molecule has 7 heteroatoms. The third-order valence-electron chi connectivity index (χ3n) is 4.86. The van der Waals surface area contributed by atoms with Gasteiger partial charge in [0.15, 0.2) is 5.11 Å². The van der Waals surface area contributed by atoms with Crippen LogP contribution in [-0.2, 0) is 10.2 Å². The minimum Gasteiger partial charge on any atom is -0.381 e. The number of benzene rings is 1. The molecule has 26 heavy (non-hydrogen) atoms. The molecular formula is C19H21BrClN3OS. The molecule has 1 aliphatic rings. The van der Waals surface area contributed by atoms with E-state index in [1.165, 1.54) is 5.56 Å². The highest BCUT2D eigenvalue weighted by Gasteiger charge is 2.34. The lowest BCUT2D eigenvalue weighted by Crippen LogP contribution is -2.45. The van der Waals surface area contributed by atoms with Gasteiger partial charge in [0.1, 0.15) is 5.82 Å². The van der Waals surface area contributed by atoms with E-state index in [-0.39, 0.29) is 5.41 Å². The number of anilines is 1. The van der Waals surface area contributed by atoms with Crippen molar-refractivity contribution in [2.45, 2.75) is 25.2 Å². The van der Waals surface area contributed by atoms with Crippen molar-refractivity contribution in [2.24, 2.45) is 0 Å². The number of hydrogen-bond acceptors (Lipinski definition) is 3. The average molecular weight is 455 g/mol. The van der Waals surface area contributed by atoms with Crippen LogP contribution in [0.3, 0.4) is 0 Å². The van der Waals surface area contributed by atoms with Crippen LogP contribution in [0.5, 0.6) is 0 Å². The van der Waals surface area contributed by atoms with Crippen molar-refractivity contribution in [3.8, 4) is 0 Å². The van der Waals surface area contributed by atoms with Crippen LogP contribution < -0.4 is 10.6 Å². The zero-order chi connectivity index (χ0) is 18.6. The summed E-state index contributed by atoms with van der Waals surface area (Å²) >= 11 is 15.1. The first-order chi connectivity index (χ1) is 12.5. The van der Waals surface area contributed by atoms with Crippen LogP contribution in [0.1, 0.15) is 24.0 Å². The van der Waals surface area contributed by atoms with E-state index < -0.39 is 0 Å². The van der Waals surface area contributed by atoms with Crippen molar-refractivity contribution in [3.05, 3.63) is 57.2 Å². The number of aromatic nitrogens is 1. The summed E-state index contributed by atoms with van der Waals surface area (Å²) in [4.78, 5) is 4.31. The smallest absolute Gasteiger partial charge is 0.172 e. The zero-order valence-corrected chi connectivity index (χ0v) is 17.7.